The summed E-state index contributed by atoms with van der Waals surface area (Å²) in [4.78, 5) is 31.3. The number of carbonyl (C=O) groups excluding carboxylic acids is 2. The van der Waals surface area contributed by atoms with Gasteiger partial charge in [-0.15, -0.1) is 0 Å². The molecule has 0 spiro atoms. The molecule has 6 nitrogen and oxygen atoms in total. The first-order chi connectivity index (χ1) is 17.2. The second-order valence-electron chi connectivity index (χ2n) is 11.8. The van der Waals surface area contributed by atoms with Crippen LogP contribution in [-0.2, 0) is 4.79 Å². The molecule has 7 heteroatoms. The minimum atomic E-state index is -0.531. The highest BCUT2D eigenvalue weighted by atomic mass is 19.1. The van der Waals surface area contributed by atoms with Gasteiger partial charge < -0.3 is 16.0 Å². The van der Waals surface area contributed by atoms with Crippen LogP contribution >= 0.6 is 0 Å². The molecular weight excluding hydrogens is 455 g/mol. The Morgan fingerprint density at radius 2 is 1.67 bits per heavy atom. The van der Waals surface area contributed by atoms with E-state index in [9.17, 15) is 14.0 Å². The molecule has 1 heterocycles. The van der Waals surface area contributed by atoms with Crippen molar-refractivity contribution in [1.29, 1.82) is 0 Å². The van der Waals surface area contributed by atoms with Crippen LogP contribution in [0.1, 0.15) is 76.6 Å². The number of nitrogens with two attached hydrogens (primary N) is 1. The van der Waals surface area contributed by atoms with Gasteiger partial charge in [0.1, 0.15) is 11.9 Å². The Labute approximate surface area is 217 Å². The van der Waals surface area contributed by atoms with Crippen LogP contribution in [0.2, 0.25) is 0 Å². The van der Waals surface area contributed by atoms with Crippen molar-refractivity contribution in [3.05, 3.63) is 35.6 Å². The molecule has 2 aliphatic rings. The van der Waals surface area contributed by atoms with E-state index in [0.717, 1.165) is 38.8 Å². The highest BCUT2D eigenvalue weighted by Crippen LogP contribution is 2.29. The molecule has 202 valence electrons. The molecule has 1 saturated carbocycles. The summed E-state index contributed by atoms with van der Waals surface area (Å²) in [5.41, 5.74) is 6.33. The lowest BCUT2D eigenvalue weighted by Gasteiger charge is -2.44. The number of rotatable bonds is 10. The van der Waals surface area contributed by atoms with Crippen LogP contribution < -0.4 is 11.1 Å². The fourth-order valence-electron chi connectivity index (χ4n) is 6.00. The van der Waals surface area contributed by atoms with Gasteiger partial charge in [-0.2, -0.15) is 0 Å². The summed E-state index contributed by atoms with van der Waals surface area (Å²) in [6, 6.07) is 5.35. The molecule has 1 aromatic carbocycles. The molecule has 1 saturated heterocycles. The van der Waals surface area contributed by atoms with Gasteiger partial charge in [0.2, 0.25) is 5.91 Å². The van der Waals surface area contributed by atoms with Crippen LogP contribution in [0.15, 0.2) is 24.3 Å². The van der Waals surface area contributed by atoms with Crippen LogP contribution in [0.4, 0.5) is 4.39 Å². The fourth-order valence-corrected chi connectivity index (χ4v) is 6.00. The number of halogens is 1. The molecule has 0 radical (unpaired) electrons. The maximum absolute atomic E-state index is 13.6. The van der Waals surface area contributed by atoms with E-state index in [-0.39, 0.29) is 23.7 Å². The number of hydrogen-bond donors (Lipinski definition) is 2. The van der Waals surface area contributed by atoms with Crippen LogP contribution in [0.3, 0.4) is 0 Å². The second kappa shape index (κ2) is 13.5. The topological polar surface area (TPSA) is 78.7 Å². The summed E-state index contributed by atoms with van der Waals surface area (Å²) in [7, 11) is 0. The molecular formula is C29H47FN4O2. The van der Waals surface area contributed by atoms with Crippen LogP contribution in [0.5, 0.6) is 0 Å². The number of nitrogens with zero attached hydrogens (tertiary/aromatic N) is 2. The molecule has 3 unspecified atom stereocenters. The monoisotopic (exact) mass is 502 g/mol. The minimum absolute atomic E-state index is 0.0703. The zero-order chi connectivity index (χ0) is 26.2. The molecule has 0 bridgehead atoms. The molecule has 1 aromatic rings. The molecule has 3 rings (SSSR count). The standard InChI is InChI=1S/C29H47FN4O2/c1-20(2)18-33(19-21(3)4)26-12-13-34(29(36)24-8-10-25(30)11-9-24)27(15-26)28(35)32-17-23-7-5-6-22(14-23)16-31/h8-11,20-23,26-27H,5-7,12-19,31H2,1-4H3,(H,32,35)/t22?,23?,26?,27-/m1/s1. The van der Waals surface area contributed by atoms with E-state index in [0.29, 0.717) is 55.3 Å². The molecule has 1 aliphatic heterocycles. The van der Waals surface area contributed by atoms with Crippen LogP contribution in [0.25, 0.3) is 0 Å². The van der Waals surface area contributed by atoms with Crippen LogP contribution in [-0.4, -0.2) is 66.4 Å². The van der Waals surface area contributed by atoms with Gasteiger partial charge >= 0.3 is 0 Å². The Balaban J connectivity index is 1.76. The summed E-state index contributed by atoms with van der Waals surface area (Å²) in [6.07, 6.45) is 5.94. The molecule has 0 aromatic heterocycles. The third-order valence-electron chi connectivity index (χ3n) is 7.73. The van der Waals surface area contributed by atoms with E-state index in [1.54, 1.807) is 4.90 Å². The van der Waals surface area contributed by atoms with Gasteiger partial charge in [0.05, 0.1) is 0 Å². The van der Waals surface area contributed by atoms with Gasteiger partial charge in [0.15, 0.2) is 0 Å². The molecule has 2 fully saturated rings. The van der Waals surface area contributed by atoms with E-state index in [2.05, 4.69) is 37.9 Å². The average molecular weight is 503 g/mol. The van der Waals surface area contributed by atoms with Gasteiger partial charge in [-0.25, -0.2) is 4.39 Å². The quantitative estimate of drug-likeness (QED) is 0.500. The smallest absolute Gasteiger partial charge is 0.254 e. The minimum Gasteiger partial charge on any atom is -0.354 e. The first kappa shape index (κ1) is 28.6. The number of piperidine rings is 1. The maximum Gasteiger partial charge on any atom is 0.254 e. The first-order valence-electron chi connectivity index (χ1n) is 14.0. The number of benzene rings is 1. The Morgan fingerprint density at radius 1 is 1.03 bits per heavy atom. The van der Waals surface area contributed by atoms with Gasteiger partial charge in [-0.3, -0.25) is 14.5 Å². The highest BCUT2D eigenvalue weighted by molar-refractivity contribution is 5.97. The maximum atomic E-state index is 13.6. The zero-order valence-corrected chi connectivity index (χ0v) is 22.7. The number of amides is 2. The third kappa shape index (κ3) is 8.01. The molecule has 4 atom stereocenters. The molecule has 3 N–H and O–H groups in total. The van der Waals surface area contributed by atoms with Gasteiger partial charge in [-0.05, 0) is 86.6 Å². The van der Waals surface area contributed by atoms with Crippen molar-refractivity contribution >= 4 is 11.8 Å². The van der Waals surface area contributed by atoms with Crippen LogP contribution in [0, 0.1) is 29.5 Å². The predicted octanol–water partition coefficient (Wildman–Crippen LogP) is 4.29. The molecule has 2 amide bonds. The van der Waals surface area contributed by atoms with E-state index < -0.39 is 6.04 Å². The van der Waals surface area contributed by atoms with Crippen molar-refractivity contribution in [3.63, 3.8) is 0 Å². The van der Waals surface area contributed by atoms with E-state index in [1.165, 1.54) is 30.7 Å². The van der Waals surface area contributed by atoms with Crippen molar-refractivity contribution in [2.45, 2.75) is 78.3 Å². The Morgan fingerprint density at radius 3 is 2.28 bits per heavy atom. The van der Waals surface area contributed by atoms with E-state index >= 15 is 0 Å². The summed E-state index contributed by atoms with van der Waals surface area (Å²) in [6.45, 7) is 12.7. The number of likely N-dealkylation sites (tertiary alicyclic amines) is 1. The van der Waals surface area contributed by atoms with Gasteiger partial charge in [0, 0.05) is 37.8 Å². The highest BCUT2D eigenvalue weighted by Gasteiger charge is 2.39. The number of nitrogens with one attached hydrogen (secondary N) is 1. The number of carbonyl (C=O) groups is 2. The lowest BCUT2D eigenvalue weighted by molar-refractivity contribution is -0.128. The lowest BCUT2D eigenvalue weighted by atomic mass is 9.81. The predicted molar refractivity (Wildman–Crippen MR) is 143 cm³/mol. The SMILES string of the molecule is CC(C)CN(CC(C)C)C1CCN(C(=O)c2ccc(F)cc2)[C@@H](C(=O)NCC2CCCC(CN)C2)C1. The summed E-state index contributed by atoms with van der Waals surface area (Å²) in [5.74, 6) is 1.38. The Kier molecular flexibility index (Phi) is 10.7. The van der Waals surface area contributed by atoms with Crippen molar-refractivity contribution in [2.24, 2.45) is 29.4 Å². The number of hydrogen-bond acceptors (Lipinski definition) is 4. The Bertz CT molecular complexity index is 834. The lowest BCUT2D eigenvalue weighted by Crippen LogP contribution is -2.58. The zero-order valence-electron chi connectivity index (χ0n) is 22.7. The first-order valence-corrected chi connectivity index (χ1v) is 14.0. The van der Waals surface area contributed by atoms with Crippen molar-refractivity contribution in [2.75, 3.05) is 32.7 Å². The fraction of sp³-hybridized carbons (Fsp3) is 0.724. The molecule has 1 aliphatic carbocycles. The Hall–Kier alpha value is -1.99. The average Bonchev–Trinajstić information content (AvgIpc) is 2.86. The van der Waals surface area contributed by atoms with Crippen molar-refractivity contribution < 1.29 is 14.0 Å². The van der Waals surface area contributed by atoms with Gasteiger partial charge in [0.25, 0.3) is 5.91 Å². The molecule has 36 heavy (non-hydrogen) atoms. The normalized spacial score (nSPS) is 25.0. The summed E-state index contributed by atoms with van der Waals surface area (Å²) < 4.78 is 13.5. The van der Waals surface area contributed by atoms with E-state index in [1.807, 2.05) is 0 Å². The van der Waals surface area contributed by atoms with Gasteiger partial charge in [-0.1, -0.05) is 34.1 Å². The largest absolute Gasteiger partial charge is 0.354 e. The summed E-state index contributed by atoms with van der Waals surface area (Å²) in [5, 5.41) is 3.20. The third-order valence-corrected chi connectivity index (χ3v) is 7.73. The summed E-state index contributed by atoms with van der Waals surface area (Å²) >= 11 is 0. The van der Waals surface area contributed by atoms with Crippen molar-refractivity contribution in [1.82, 2.24) is 15.1 Å². The van der Waals surface area contributed by atoms with E-state index in [4.69, 9.17) is 5.73 Å². The second-order valence-corrected chi connectivity index (χ2v) is 11.8. The van der Waals surface area contributed by atoms with Crippen molar-refractivity contribution in [3.8, 4) is 0 Å².